The van der Waals surface area contributed by atoms with E-state index in [1.54, 1.807) is 16.8 Å². The number of aromatic nitrogens is 2. The highest BCUT2D eigenvalue weighted by Crippen LogP contribution is 2.31. The van der Waals surface area contributed by atoms with E-state index in [1.165, 1.54) is 48.7 Å². The highest BCUT2D eigenvalue weighted by atomic mass is 32.2. The molecular formula is C24H20F2N4O3S. The largest absolute Gasteiger partial charge is 0.350 e. The fourth-order valence-electron chi connectivity index (χ4n) is 3.49. The molecule has 1 saturated heterocycles. The van der Waals surface area contributed by atoms with Gasteiger partial charge in [-0.15, -0.1) is 0 Å². The first kappa shape index (κ1) is 23.4. The first-order chi connectivity index (χ1) is 16.4. The molecule has 2 heterocycles. The Morgan fingerprint density at radius 2 is 1.71 bits per heavy atom. The van der Waals surface area contributed by atoms with Gasteiger partial charge in [0.1, 0.15) is 11.6 Å². The molecule has 0 unspecified atom stereocenters. The fraction of sp³-hybridized carbons (Fsp3) is 0.167. The molecule has 1 fully saturated rings. The van der Waals surface area contributed by atoms with Crippen LogP contribution < -0.4 is 5.32 Å². The molecule has 4 rings (SSSR count). The van der Waals surface area contributed by atoms with Gasteiger partial charge < -0.3 is 5.32 Å². The summed E-state index contributed by atoms with van der Waals surface area (Å²) < 4.78 is 27.9. The topological polar surface area (TPSA) is 84.3 Å². The number of benzene rings is 2. The molecule has 0 bridgehead atoms. The number of nitrogens with one attached hydrogen (secondary N) is 1. The van der Waals surface area contributed by atoms with Crippen LogP contribution in [0, 0.1) is 11.6 Å². The summed E-state index contributed by atoms with van der Waals surface area (Å²) in [5, 5.41) is 6.53. The second-order valence-corrected chi connectivity index (χ2v) is 8.38. The maximum Gasteiger partial charge on any atom is 0.293 e. The molecule has 1 N–H and O–H groups in total. The lowest BCUT2D eigenvalue weighted by atomic mass is 10.2. The highest BCUT2D eigenvalue weighted by Gasteiger charge is 2.34. The van der Waals surface area contributed by atoms with Crippen molar-refractivity contribution < 1.29 is 23.2 Å². The van der Waals surface area contributed by atoms with Crippen molar-refractivity contribution in [1.29, 1.82) is 0 Å². The van der Waals surface area contributed by atoms with Gasteiger partial charge in [0.15, 0.2) is 0 Å². The van der Waals surface area contributed by atoms with Gasteiger partial charge in [-0.05, 0) is 66.2 Å². The van der Waals surface area contributed by atoms with Gasteiger partial charge in [-0.2, -0.15) is 5.10 Å². The summed E-state index contributed by atoms with van der Waals surface area (Å²) in [6, 6.07) is 11.4. The number of halogens is 2. The van der Waals surface area contributed by atoms with E-state index in [1.807, 2.05) is 6.92 Å². The normalized spacial score (nSPS) is 14.8. The molecule has 0 spiro atoms. The molecular weight excluding hydrogens is 462 g/mol. The third kappa shape index (κ3) is 4.91. The van der Waals surface area contributed by atoms with Crippen LogP contribution in [0.2, 0.25) is 0 Å². The number of carbonyl (C=O) groups excluding carboxylic acids is 3. The van der Waals surface area contributed by atoms with E-state index < -0.39 is 17.0 Å². The molecule has 34 heavy (non-hydrogen) atoms. The zero-order valence-corrected chi connectivity index (χ0v) is 18.9. The Hall–Kier alpha value is -3.79. The summed E-state index contributed by atoms with van der Waals surface area (Å²) in [4.78, 5) is 38.9. The van der Waals surface area contributed by atoms with E-state index in [-0.39, 0.29) is 29.7 Å². The molecule has 2 aromatic carbocycles. The van der Waals surface area contributed by atoms with Crippen molar-refractivity contribution in [2.24, 2.45) is 0 Å². The molecule has 1 aliphatic rings. The quantitative estimate of drug-likeness (QED) is 0.511. The number of thioether (sulfide) groups is 1. The van der Waals surface area contributed by atoms with Crippen LogP contribution in [0.5, 0.6) is 0 Å². The summed E-state index contributed by atoms with van der Waals surface area (Å²) in [5.41, 5.74) is 2.24. The minimum absolute atomic E-state index is 0.00468. The summed E-state index contributed by atoms with van der Waals surface area (Å²) >= 11 is 0.796. The first-order valence-corrected chi connectivity index (χ1v) is 11.3. The zero-order valence-electron chi connectivity index (χ0n) is 18.1. The minimum atomic E-state index is -0.466. The maximum absolute atomic E-state index is 13.2. The Morgan fingerprint density at radius 1 is 1.06 bits per heavy atom. The molecule has 1 aromatic heterocycles. The van der Waals surface area contributed by atoms with E-state index in [4.69, 9.17) is 0 Å². The van der Waals surface area contributed by atoms with Gasteiger partial charge in [-0.1, -0.05) is 19.1 Å². The lowest BCUT2D eigenvalue weighted by Gasteiger charge is -2.13. The van der Waals surface area contributed by atoms with E-state index >= 15 is 0 Å². The van der Waals surface area contributed by atoms with Crippen LogP contribution in [0.25, 0.3) is 11.8 Å². The number of hydrogen-bond acceptors (Lipinski definition) is 5. The van der Waals surface area contributed by atoms with Gasteiger partial charge >= 0.3 is 0 Å². The van der Waals surface area contributed by atoms with Gasteiger partial charge in [-0.25, -0.2) is 13.5 Å². The van der Waals surface area contributed by atoms with Gasteiger partial charge in [0.25, 0.3) is 17.1 Å². The van der Waals surface area contributed by atoms with Crippen LogP contribution in [-0.4, -0.2) is 44.8 Å². The van der Waals surface area contributed by atoms with Crippen LogP contribution >= 0.6 is 11.8 Å². The number of hydrogen-bond donors (Lipinski definition) is 1. The molecule has 0 atom stereocenters. The average Bonchev–Trinajstić information content (AvgIpc) is 3.37. The molecule has 3 amide bonds. The van der Waals surface area contributed by atoms with Crippen LogP contribution in [0.1, 0.15) is 28.5 Å². The number of nitrogens with zero attached hydrogens (tertiary/aromatic N) is 3. The highest BCUT2D eigenvalue weighted by molar-refractivity contribution is 8.18. The summed E-state index contributed by atoms with van der Waals surface area (Å²) in [6.07, 6.45) is 3.47. The van der Waals surface area contributed by atoms with Gasteiger partial charge in [0.05, 0.1) is 28.0 Å². The average molecular weight is 483 g/mol. The van der Waals surface area contributed by atoms with Crippen molar-refractivity contribution in [1.82, 2.24) is 20.0 Å². The summed E-state index contributed by atoms with van der Waals surface area (Å²) in [7, 11) is 0. The Bertz CT molecular complexity index is 1270. The SMILES string of the molecule is CCc1c(C(=O)NCCN2C(=O)S/C(=C\c3ccc(F)cc3)C2=O)cnn1-c1ccc(F)cc1. The Balaban J connectivity index is 1.39. The van der Waals surface area contributed by atoms with Crippen molar-refractivity contribution in [2.45, 2.75) is 13.3 Å². The molecule has 1 aliphatic heterocycles. The smallest absolute Gasteiger partial charge is 0.293 e. The van der Waals surface area contributed by atoms with Crippen LogP contribution in [0.4, 0.5) is 13.6 Å². The van der Waals surface area contributed by atoms with Crippen LogP contribution in [0.15, 0.2) is 59.6 Å². The molecule has 3 aromatic rings. The Kier molecular flexibility index (Phi) is 6.87. The summed E-state index contributed by atoms with van der Waals surface area (Å²) in [6.45, 7) is 1.94. The van der Waals surface area contributed by atoms with Gasteiger partial charge in [-0.3, -0.25) is 19.3 Å². The van der Waals surface area contributed by atoms with Crippen molar-refractivity contribution >= 4 is 34.9 Å². The zero-order chi connectivity index (χ0) is 24.2. The van der Waals surface area contributed by atoms with E-state index in [0.29, 0.717) is 28.9 Å². The first-order valence-electron chi connectivity index (χ1n) is 10.5. The molecule has 0 saturated carbocycles. The van der Waals surface area contributed by atoms with Crippen LogP contribution in [0.3, 0.4) is 0 Å². The number of rotatable bonds is 7. The molecule has 174 valence electrons. The lowest BCUT2D eigenvalue weighted by molar-refractivity contribution is -0.122. The predicted molar refractivity (Wildman–Crippen MR) is 124 cm³/mol. The Morgan fingerprint density at radius 3 is 2.35 bits per heavy atom. The Labute approximate surface area is 198 Å². The standard InChI is InChI=1S/C24H20F2N4O3S/c1-2-20-19(14-28-30(20)18-9-7-17(26)8-10-18)22(31)27-11-12-29-23(32)21(34-24(29)33)13-15-3-5-16(25)6-4-15/h3-10,13-14H,2,11-12H2,1H3,(H,27,31)/b21-13-. The second kappa shape index (κ2) is 10.0. The lowest BCUT2D eigenvalue weighted by Crippen LogP contribution is -2.37. The van der Waals surface area contributed by atoms with Crippen molar-refractivity contribution in [3.05, 3.63) is 88.1 Å². The van der Waals surface area contributed by atoms with Crippen molar-refractivity contribution in [3.8, 4) is 5.69 Å². The molecule has 7 nitrogen and oxygen atoms in total. The summed E-state index contributed by atoms with van der Waals surface area (Å²) in [5.74, 6) is -1.62. The number of carbonyl (C=O) groups is 3. The fourth-order valence-corrected chi connectivity index (χ4v) is 4.35. The number of amides is 3. The second-order valence-electron chi connectivity index (χ2n) is 7.39. The minimum Gasteiger partial charge on any atom is -0.350 e. The monoisotopic (exact) mass is 482 g/mol. The molecule has 10 heteroatoms. The van der Waals surface area contributed by atoms with Crippen molar-refractivity contribution in [2.75, 3.05) is 13.1 Å². The molecule has 0 radical (unpaired) electrons. The van der Waals surface area contributed by atoms with Crippen LogP contribution in [-0.2, 0) is 11.2 Å². The van der Waals surface area contributed by atoms with Gasteiger partial charge in [0.2, 0.25) is 0 Å². The number of imide groups is 1. The van der Waals surface area contributed by atoms with E-state index in [0.717, 1.165) is 16.7 Å². The van der Waals surface area contributed by atoms with E-state index in [2.05, 4.69) is 10.4 Å². The molecule has 0 aliphatic carbocycles. The predicted octanol–water partition coefficient (Wildman–Crippen LogP) is 4.18. The third-order valence-corrected chi connectivity index (χ3v) is 6.09. The third-order valence-electron chi connectivity index (χ3n) is 5.18. The van der Waals surface area contributed by atoms with Gasteiger partial charge in [0, 0.05) is 13.1 Å². The van der Waals surface area contributed by atoms with Crippen molar-refractivity contribution in [3.63, 3.8) is 0 Å². The maximum atomic E-state index is 13.2. The van der Waals surface area contributed by atoms with E-state index in [9.17, 15) is 23.2 Å².